The molecule has 0 unspecified atom stereocenters. The van der Waals surface area contributed by atoms with Gasteiger partial charge in [-0.05, 0) is 99.8 Å². The molecule has 2 N–H and O–H groups in total. The zero-order valence-electron chi connectivity index (χ0n) is 18.5. The summed E-state index contributed by atoms with van der Waals surface area (Å²) in [6, 6.07) is 8.42. The highest BCUT2D eigenvalue weighted by molar-refractivity contribution is 5.94. The van der Waals surface area contributed by atoms with Gasteiger partial charge in [0.15, 0.2) is 0 Å². The normalized spacial score (nSPS) is 34.6. The molecule has 5 aliphatic rings. The Morgan fingerprint density at radius 1 is 1.00 bits per heavy atom. The summed E-state index contributed by atoms with van der Waals surface area (Å²) in [5.74, 6) is 2.88. The third-order valence-corrected chi connectivity index (χ3v) is 8.41. The molecule has 1 aromatic carbocycles. The lowest BCUT2D eigenvalue weighted by atomic mass is 9.48. The number of rotatable bonds is 6. The first-order valence-electron chi connectivity index (χ1n) is 12.0. The van der Waals surface area contributed by atoms with Crippen molar-refractivity contribution in [1.82, 2.24) is 5.32 Å². The Morgan fingerprint density at radius 3 is 2.13 bits per heavy atom. The summed E-state index contributed by atoms with van der Waals surface area (Å²) >= 11 is 0. The second-order valence-corrected chi connectivity index (χ2v) is 10.5. The highest BCUT2D eigenvalue weighted by Crippen LogP contribution is 2.61. The van der Waals surface area contributed by atoms with Gasteiger partial charge in [0.2, 0.25) is 5.91 Å². The van der Waals surface area contributed by atoms with Crippen molar-refractivity contribution >= 4 is 17.3 Å². The van der Waals surface area contributed by atoms with Crippen molar-refractivity contribution in [2.45, 2.75) is 64.5 Å². The van der Waals surface area contributed by atoms with E-state index >= 15 is 0 Å². The van der Waals surface area contributed by atoms with Gasteiger partial charge in [-0.3, -0.25) is 4.79 Å². The van der Waals surface area contributed by atoms with E-state index in [1.54, 1.807) is 0 Å². The molecule has 4 saturated carbocycles. The highest BCUT2D eigenvalue weighted by Gasteiger charge is 2.53. The number of hydrogen-bond acceptors (Lipinski definition) is 4. The van der Waals surface area contributed by atoms with Gasteiger partial charge in [0.1, 0.15) is 0 Å². The molecule has 164 valence electrons. The average Bonchev–Trinajstić information content (AvgIpc) is 2.74. The number of nitrogens with one attached hydrogen (secondary N) is 2. The molecular formula is C25H37N3O2. The first-order chi connectivity index (χ1) is 14.5. The van der Waals surface area contributed by atoms with Gasteiger partial charge in [-0.2, -0.15) is 0 Å². The fraction of sp³-hybridized carbons (Fsp3) is 0.720. The largest absolute Gasteiger partial charge is 0.378 e. The number of carbonyl (C=O) groups is 1. The van der Waals surface area contributed by atoms with Crippen molar-refractivity contribution in [1.29, 1.82) is 0 Å². The molecule has 1 heterocycles. The first kappa shape index (κ1) is 20.3. The van der Waals surface area contributed by atoms with Crippen LogP contribution >= 0.6 is 0 Å². The monoisotopic (exact) mass is 411 g/mol. The lowest BCUT2D eigenvalue weighted by Crippen LogP contribution is -2.57. The summed E-state index contributed by atoms with van der Waals surface area (Å²) < 4.78 is 5.43. The van der Waals surface area contributed by atoms with Crippen LogP contribution in [0.2, 0.25) is 0 Å². The van der Waals surface area contributed by atoms with E-state index in [1.807, 2.05) is 19.1 Å². The Bertz CT molecular complexity index is 721. The molecule has 6 rings (SSSR count). The molecule has 4 aliphatic carbocycles. The molecule has 5 nitrogen and oxygen atoms in total. The molecular weight excluding hydrogens is 374 g/mol. The maximum absolute atomic E-state index is 12.9. The predicted molar refractivity (Wildman–Crippen MR) is 121 cm³/mol. The van der Waals surface area contributed by atoms with E-state index in [9.17, 15) is 4.79 Å². The average molecular weight is 412 g/mol. The predicted octanol–water partition coefficient (Wildman–Crippen LogP) is 4.04. The Hall–Kier alpha value is -1.59. The van der Waals surface area contributed by atoms with Gasteiger partial charge < -0.3 is 20.3 Å². The minimum atomic E-state index is -0.188. The van der Waals surface area contributed by atoms with Crippen LogP contribution in [0.5, 0.6) is 0 Å². The Balaban J connectivity index is 1.16. The van der Waals surface area contributed by atoms with Crippen molar-refractivity contribution in [3.63, 3.8) is 0 Å². The van der Waals surface area contributed by atoms with Crippen LogP contribution in [0.15, 0.2) is 24.3 Å². The van der Waals surface area contributed by atoms with E-state index in [-0.39, 0.29) is 11.9 Å². The molecule has 1 aromatic rings. The maximum Gasteiger partial charge on any atom is 0.241 e. The number of morpholine rings is 1. The molecule has 5 fully saturated rings. The SMILES string of the molecule is C[C@H](N[C@@H](C)C12CC3CC(CC(C3)C1)C2)C(=O)Nc1ccc(N2CCOCC2)cc1. The summed E-state index contributed by atoms with van der Waals surface area (Å²) in [6.07, 6.45) is 8.48. The number of benzene rings is 1. The van der Waals surface area contributed by atoms with E-state index in [1.165, 1.54) is 44.2 Å². The van der Waals surface area contributed by atoms with Crippen molar-refractivity contribution in [2.24, 2.45) is 23.2 Å². The van der Waals surface area contributed by atoms with Gasteiger partial charge in [0.05, 0.1) is 19.3 Å². The number of carbonyl (C=O) groups excluding carboxylic acids is 1. The van der Waals surface area contributed by atoms with Crippen LogP contribution in [-0.2, 0) is 9.53 Å². The molecule has 1 saturated heterocycles. The smallest absolute Gasteiger partial charge is 0.241 e. The minimum absolute atomic E-state index is 0.0608. The van der Waals surface area contributed by atoms with Crippen molar-refractivity contribution in [2.75, 3.05) is 36.5 Å². The van der Waals surface area contributed by atoms with E-state index in [0.29, 0.717) is 11.5 Å². The van der Waals surface area contributed by atoms with Gasteiger partial charge in [-0.15, -0.1) is 0 Å². The molecule has 5 heteroatoms. The number of hydrogen-bond donors (Lipinski definition) is 2. The maximum atomic E-state index is 12.9. The van der Waals surface area contributed by atoms with Crippen LogP contribution < -0.4 is 15.5 Å². The van der Waals surface area contributed by atoms with E-state index in [0.717, 1.165) is 49.7 Å². The quantitative estimate of drug-likeness (QED) is 0.742. The van der Waals surface area contributed by atoms with Crippen LogP contribution in [0.1, 0.15) is 52.4 Å². The zero-order chi connectivity index (χ0) is 20.7. The van der Waals surface area contributed by atoms with Crippen LogP contribution in [0, 0.1) is 23.2 Å². The lowest BCUT2D eigenvalue weighted by Gasteiger charge is -2.59. The third kappa shape index (κ3) is 3.99. The van der Waals surface area contributed by atoms with Gasteiger partial charge in [-0.25, -0.2) is 0 Å². The molecule has 0 radical (unpaired) electrons. The second-order valence-electron chi connectivity index (χ2n) is 10.5. The Morgan fingerprint density at radius 2 is 1.57 bits per heavy atom. The molecule has 0 aromatic heterocycles. The van der Waals surface area contributed by atoms with E-state index < -0.39 is 0 Å². The van der Waals surface area contributed by atoms with Crippen LogP contribution in [0.4, 0.5) is 11.4 Å². The fourth-order valence-corrected chi connectivity index (χ4v) is 7.16. The minimum Gasteiger partial charge on any atom is -0.378 e. The Labute approximate surface area is 180 Å². The number of amides is 1. The fourth-order valence-electron chi connectivity index (χ4n) is 7.16. The summed E-state index contributed by atoms with van der Waals surface area (Å²) in [7, 11) is 0. The van der Waals surface area contributed by atoms with Gasteiger partial charge in [-0.1, -0.05) is 0 Å². The van der Waals surface area contributed by atoms with Crippen LogP contribution in [0.3, 0.4) is 0 Å². The number of ether oxygens (including phenoxy) is 1. The van der Waals surface area contributed by atoms with Crippen molar-refractivity contribution in [3.8, 4) is 0 Å². The standard InChI is InChI=1S/C25H37N3O2/c1-17(26-18(2)25-14-19-11-20(15-25)13-21(12-19)16-25)24(29)27-22-3-5-23(6-4-22)28-7-9-30-10-8-28/h3-6,17-21,26H,7-16H2,1-2H3,(H,27,29)/t17-,18-,19?,20?,21?,25?/m0/s1. The Kier molecular flexibility index (Phi) is 5.53. The number of anilines is 2. The lowest BCUT2D eigenvalue weighted by molar-refractivity contribution is -0.119. The zero-order valence-corrected chi connectivity index (χ0v) is 18.5. The van der Waals surface area contributed by atoms with Crippen LogP contribution in [0.25, 0.3) is 0 Å². The first-order valence-corrected chi connectivity index (χ1v) is 12.0. The van der Waals surface area contributed by atoms with Gasteiger partial charge in [0.25, 0.3) is 0 Å². The summed E-state index contributed by atoms with van der Waals surface area (Å²) in [4.78, 5) is 15.2. The summed E-state index contributed by atoms with van der Waals surface area (Å²) in [6.45, 7) is 7.75. The van der Waals surface area contributed by atoms with E-state index in [2.05, 4.69) is 34.6 Å². The molecule has 2 atom stereocenters. The van der Waals surface area contributed by atoms with Gasteiger partial charge >= 0.3 is 0 Å². The molecule has 30 heavy (non-hydrogen) atoms. The molecule has 1 amide bonds. The summed E-state index contributed by atoms with van der Waals surface area (Å²) in [5, 5.41) is 6.79. The number of nitrogens with zero attached hydrogens (tertiary/aromatic N) is 1. The molecule has 0 spiro atoms. The van der Waals surface area contributed by atoms with Gasteiger partial charge in [0, 0.05) is 30.5 Å². The van der Waals surface area contributed by atoms with E-state index in [4.69, 9.17) is 4.74 Å². The summed E-state index contributed by atoms with van der Waals surface area (Å²) in [5.41, 5.74) is 2.48. The highest BCUT2D eigenvalue weighted by atomic mass is 16.5. The molecule has 1 aliphatic heterocycles. The topological polar surface area (TPSA) is 53.6 Å². The van der Waals surface area contributed by atoms with Crippen molar-refractivity contribution < 1.29 is 9.53 Å². The molecule has 4 bridgehead atoms. The second kappa shape index (κ2) is 8.16. The third-order valence-electron chi connectivity index (χ3n) is 8.41. The van der Waals surface area contributed by atoms with Crippen LogP contribution in [-0.4, -0.2) is 44.3 Å². The van der Waals surface area contributed by atoms with Crippen molar-refractivity contribution in [3.05, 3.63) is 24.3 Å².